The van der Waals surface area contributed by atoms with Gasteiger partial charge in [-0.05, 0) is 30.5 Å². The Morgan fingerprint density at radius 3 is 2.58 bits per heavy atom. The molecule has 8 heteroatoms. The van der Waals surface area contributed by atoms with Crippen molar-refractivity contribution in [3.63, 3.8) is 0 Å². The van der Waals surface area contributed by atoms with Crippen molar-refractivity contribution in [1.29, 1.82) is 0 Å². The highest BCUT2D eigenvalue weighted by atomic mass is 32.1. The molecule has 1 aromatic carbocycles. The molecule has 3 N–H and O–H groups in total. The molecule has 0 aliphatic carbocycles. The molecule has 0 fully saturated rings. The summed E-state index contributed by atoms with van der Waals surface area (Å²) in [6, 6.07) is 10.3. The maximum Gasteiger partial charge on any atom is 0.347 e. The summed E-state index contributed by atoms with van der Waals surface area (Å²) in [5.74, 6) is -1.36. The van der Waals surface area contributed by atoms with E-state index in [4.69, 9.17) is 15.2 Å². The minimum Gasteiger partial charge on any atom is -0.479 e. The summed E-state index contributed by atoms with van der Waals surface area (Å²) in [6.45, 7) is 1.04. The smallest absolute Gasteiger partial charge is 0.347 e. The molecule has 0 bridgehead atoms. The minimum absolute atomic E-state index is 0.209. The maximum absolute atomic E-state index is 11.8. The van der Waals surface area contributed by atoms with Crippen LogP contribution in [0.3, 0.4) is 0 Å². The average molecular weight is 348 g/mol. The molecule has 0 aliphatic heterocycles. The van der Waals surface area contributed by atoms with E-state index in [1.54, 1.807) is 29.6 Å². The van der Waals surface area contributed by atoms with Crippen molar-refractivity contribution < 1.29 is 23.9 Å². The molecular weight excluding hydrogens is 332 g/mol. The second kappa shape index (κ2) is 8.11. The molecule has 0 unspecified atom stereocenters. The number of carbonyl (C=O) groups is 3. The van der Waals surface area contributed by atoms with Gasteiger partial charge in [-0.2, -0.15) is 0 Å². The number of primary amides is 1. The number of nitrogens with one attached hydrogen (secondary N) is 1. The van der Waals surface area contributed by atoms with Crippen LogP contribution in [-0.4, -0.2) is 30.5 Å². The van der Waals surface area contributed by atoms with E-state index in [-0.39, 0.29) is 5.56 Å². The molecule has 1 heterocycles. The Labute approximate surface area is 142 Å². The molecular formula is C16H16N2O5S. The van der Waals surface area contributed by atoms with Crippen LogP contribution in [0.15, 0.2) is 41.8 Å². The van der Waals surface area contributed by atoms with E-state index in [9.17, 15) is 14.4 Å². The Morgan fingerprint density at radius 2 is 1.92 bits per heavy atom. The average Bonchev–Trinajstić information content (AvgIpc) is 3.01. The molecule has 7 nitrogen and oxygen atoms in total. The van der Waals surface area contributed by atoms with Gasteiger partial charge in [0.15, 0.2) is 12.7 Å². The van der Waals surface area contributed by atoms with Crippen LogP contribution in [0.4, 0.5) is 5.00 Å². The topological polar surface area (TPSA) is 108 Å². The van der Waals surface area contributed by atoms with Crippen molar-refractivity contribution in [2.24, 2.45) is 5.73 Å². The van der Waals surface area contributed by atoms with Crippen LogP contribution >= 0.6 is 11.3 Å². The highest BCUT2D eigenvalue weighted by Gasteiger charge is 2.19. The summed E-state index contributed by atoms with van der Waals surface area (Å²) in [5, 5.41) is 4.42. The number of hydrogen-bond donors (Lipinski definition) is 2. The number of hydrogen-bond acceptors (Lipinski definition) is 6. The van der Waals surface area contributed by atoms with Crippen LogP contribution in [0.5, 0.6) is 5.75 Å². The van der Waals surface area contributed by atoms with Gasteiger partial charge in [0.05, 0.1) is 5.56 Å². The van der Waals surface area contributed by atoms with Crippen LogP contribution in [0, 0.1) is 0 Å². The molecule has 0 radical (unpaired) electrons. The van der Waals surface area contributed by atoms with Gasteiger partial charge in [-0.1, -0.05) is 18.2 Å². The van der Waals surface area contributed by atoms with E-state index in [0.717, 1.165) is 11.3 Å². The number of para-hydroxylation sites is 1. The largest absolute Gasteiger partial charge is 0.479 e. The number of carbonyl (C=O) groups excluding carboxylic acids is 3. The molecule has 2 aromatic rings. The monoisotopic (exact) mass is 348 g/mol. The number of ether oxygens (including phenoxy) is 2. The molecule has 0 aliphatic rings. The first-order valence-corrected chi connectivity index (χ1v) is 7.91. The number of rotatable bonds is 7. The van der Waals surface area contributed by atoms with E-state index >= 15 is 0 Å². The van der Waals surface area contributed by atoms with E-state index in [0.29, 0.717) is 10.8 Å². The molecule has 0 spiro atoms. The quantitative estimate of drug-likeness (QED) is 0.742. The molecule has 1 atom stereocenters. The van der Waals surface area contributed by atoms with Crippen molar-refractivity contribution in [2.45, 2.75) is 13.0 Å². The van der Waals surface area contributed by atoms with Gasteiger partial charge in [0.2, 0.25) is 0 Å². The Morgan fingerprint density at radius 1 is 1.21 bits per heavy atom. The molecule has 126 valence electrons. The first kappa shape index (κ1) is 17.5. The maximum atomic E-state index is 11.8. The number of amides is 2. The van der Waals surface area contributed by atoms with Crippen molar-refractivity contribution >= 4 is 34.1 Å². The van der Waals surface area contributed by atoms with Crippen molar-refractivity contribution in [3.8, 4) is 5.75 Å². The van der Waals surface area contributed by atoms with Crippen LogP contribution in [0.25, 0.3) is 0 Å². The SMILES string of the molecule is C[C@@H](Oc1ccccc1)C(=O)OCC(=O)Nc1sccc1C(N)=O. The van der Waals surface area contributed by atoms with Gasteiger partial charge in [0, 0.05) is 0 Å². The van der Waals surface area contributed by atoms with Crippen LogP contribution in [-0.2, 0) is 14.3 Å². The lowest BCUT2D eigenvalue weighted by molar-refractivity contribution is -0.153. The fourth-order valence-corrected chi connectivity index (χ4v) is 2.58. The lowest BCUT2D eigenvalue weighted by atomic mass is 10.3. The van der Waals surface area contributed by atoms with E-state index < -0.39 is 30.5 Å². The minimum atomic E-state index is -0.858. The Bertz CT molecular complexity index is 729. The van der Waals surface area contributed by atoms with Gasteiger partial charge in [-0.3, -0.25) is 9.59 Å². The predicted molar refractivity (Wildman–Crippen MR) is 89.0 cm³/mol. The first-order chi connectivity index (χ1) is 11.5. The number of esters is 1. The van der Waals surface area contributed by atoms with Gasteiger partial charge in [0.1, 0.15) is 10.8 Å². The standard InChI is InChI=1S/C16H16N2O5S/c1-10(23-11-5-3-2-4-6-11)16(21)22-9-13(19)18-15-12(14(17)20)7-8-24-15/h2-8,10H,9H2,1H3,(H2,17,20)(H,18,19)/t10-/m1/s1. The van der Waals surface area contributed by atoms with E-state index in [1.807, 2.05) is 6.07 Å². The van der Waals surface area contributed by atoms with Crippen LogP contribution < -0.4 is 15.8 Å². The van der Waals surface area contributed by atoms with Crippen molar-refractivity contribution in [3.05, 3.63) is 47.3 Å². The van der Waals surface area contributed by atoms with Gasteiger partial charge in [-0.25, -0.2) is 4.79 Å². The summed E-state index contributed by atoms with van der Waals surface area (Å²) >= 11 is 1.15. The van der Waals surface area contributed by atoms with Gasteiger partial charge in [-0.15, -0.1) is 11.3 Å². The summed E-state index contributed by atoms with van der Waals surface area (Å²) in [7, 11) is 0. The van der Waals surface area contributed by atoms with E-state index in [1.165, 1.54) is 13.0 Å². The first-order valence-electron chi connectivity index (χ1n) is 7.03. The fourth-order valence-electron chi connectivity index (χ4n) is 1.77. The number of thiophene rings is 1. The van der Waals surface area contributed by atoms with Crippen LogP contribution in [0.2, 0.25) is 0 Å². The summed E-state index contributed by atoms with van der Waals surface area (Å²) in [4.78, 5) is 34.8. The van der Waals surface area contributed by atoms with Gasteiger partial charge in [0.25, 0.3) is 11.8 Å². The number of benzene rings is 1. The Hall–Kier alpha value is -2.87. The molecule has 1 aromatic heterocycles. The Kier molecular flexibility index (Phi) is 5.91. The third-order valence-corrected chi connectivity index (χ3v) is 3.75. The fraction of sp³-hybridized carbons (Fsp3) is 0.188. The number of anilines is 1. The lowest BCUT2D eigenvalue weighted by Crippen LogP contribution is -2.30. The normalized spacial score (nSPS) is 11.4. The lowest BCUT2D eigenvalue weighted by Gasteiger charge is -2.13. The molecule has 0 saturated carbocycles. The second-order valence-corrected chi connectivity index (χ2v) is 5.67. The zero-order valence-corrected chi connectivity index (χ0v) is 13.7. The zero-order chi connectivity index (χ0) is 17.5. The number of nitrogens with two attached hydrogens (primary N) is 1. The van der Waals surface area contributed by atoms with Crippen LogP contribution in [0.1, 0.15) is 17.3 Å². The van der Waals surface area contributed by atoms with Gasteiger partial charge < -0.3 is 20.5 Å². The molecule has 2 rings (SSSR count). The predicted octanol–water partition coefficient (Wildman–Crippen LogP) is 1.80. The zero-order valence-electron chi connectivity index (χ0n) is 12.9. The van der Waals surface area contributed by atoms with E-state index in [2.05, 4.69) is 5.32 Å². The highest BCUT2D eigenvalue weighted by molar-refractivity contribution is 7.14. The Balaban J connectivity index is 1.81. The van der Waals surface area contributed by atoms with Crippen molar-refractivity contribution in [2.75, 3.05) is 11.9 Å². The summed E-state index contributed by atoms with van der Waals surface area (Å²) < 4.78 is 10.3. The van der Waals surface area contributed by atoms with Gasteiger partial charge >= 0.3 is 5.97 Å². The van der Waals surface area contributed by atoms with Crippen molar-refractivity contribution in [1.82, 2.24) is 0 Å². The third-order valence-electron chi connectivity index (χ3n) is 2.92. The molecule has 2 amide bonds. The molecule has 0 saturated heterocycles. The third kappa shape index (κ3) is 4.82. The second-order valence-electron chi connectivity index (χ2n) is 4.76. The summed E-state index contributed by atoms with van der Waals surface area (Å²) in [5.41, 5.74) is 5.39. The highest BCUT2D eigenvalue weighted by Crippen LogP contribution is 2.22. The summed E-state index contributed by atoms with van der Waals surface area (Å²) in [6.07, 6.45) is -0.858. The molecule has 24 heavy (non-hydrogen) atoms.